The highest BCUT2D eigenvalue weighted by Crippen LogP contribution is 2.31. The van der Waals surface area contributed by atoms with Crippen molar-refractivity contribution in [2.75, 3.05) is 18.0 Å². The van der Waals surface area contributed by atoms with Crippen molar-refractivity contribution < 1.29 is 0 Å². The molecule has 0 atom stereocenters. The van der Waals surface area contributed by atoms with Crippen molar-refractivity contribution in [1.29, 1.82) is 0 Å². The third kappa shape index (κ3) is 3.87. The standard InChI is InChI=1S/C16H30N4S/c1-4-13(5-2)12-19(6-3)15-17-18-16(21)20(15)14-10-8-7-9-11-14/h13-14H,4-12H2,1-3H3,(H,18,21). The van der Waals surface area contributed by atoms with Gasteiger partial charge in [0.2, 0.25) is 5.95 Å². The second-order valence-corrected chi connectivity index (χ2v) is 6.60. The van der Waals surface area contributed by atoms with Crippen LogP contribution in [0.15, 0.2) is 0 Å². The van der Waals surface area contributed by atoms with Gasteiger partial charge in [-0.25, -0.2) is 5.10 Å². The van der Waals surface area contributed by atoms with Crippen LogP contribution in [0.5, 0.6) is 0 Å². The van der Waals surface area contributed by atoms with E-state index in [4.69, 9.17) is 12.2 Å². The van der Waals surface area contributed by atoms with Crippen molar-refractivity contribution in [2.45, 2.75) is 71.8 Å². The van der Waals surface area contributed by atoms with Crippen LogP contribution < -0.4 is 4.90 Å². The summed E-state index contributed by atoms with van der Waals surface area (Å²) >= 11 is 5.51. The van der Waals surface area contributed by atoms with Crippen molar-refractivity contribution in [2.24, 2.45) is 5.92 Å². The lowest BCUT2D eigenvalue weighted by atomic mass is 9.95. The van der Waals surface area contributed by atoms with Crippen molar-refractivity contribution in [3.63, 3.8) is 0 Å². The van der Waals surface area contributed by atoms with Gasteiger partial charge < -0.3 is 4.90 Å². The molecule has 1 aromatic heterocycles. The molecule has 1 fully saturated rings. The number of nitrogens with zero attached hydrogens (tertiary/aromatic N) is 3. The zero-order valence-electron chi connectivity index (χ0n) is 13.8. The van der Waals surface area contributed by atoms with Crippen LogP contribution in [0.25, 0.3) is 0 Å². The minimum atomic E-state index is 0.538. The molecule has 4 nitrogen and oxygen atoms in total. The molecule has 1 heterocycles. The van der Waals surface area contributed by atoms with Crippen LogP contribution >= 0.6 is 12.2 Å². The lowest BCUT2D eigenvalue weighted by molar-refractivity contribution is 0.348. The number of rotatable bonds is 7. The summed E-state index contributed by atoms with van der Waals surface area (Å²) in [6.45, 7) is 8.84. The quantitative estimate of drug-likeness (QED) is 0.741. The number of nitrogens with one attached hydrogen (secondary N) is 1. The normalized spacial score (nSPS) is 16.6. The van der Waals surface area contributed by atoms with Gasteiger partial charge in [0, 0.05) is 19.1 Å². The van der Waals surface area contributed by atoms with Crippen LogP contribution in [0.1, 0.15) is 71.8 Å². The maximum absolute atomic E-state index is 5.51. The summed E-state index contributed by atoms with van der Waals surface area (Å²) in [5, 5.41) is 7.59. The van der Waals surface area contributed by atoms with Crippen LogP contribution in [0, 0.1) is 10.7 Å². The van der Waals surface area contributed by atoms with E-state index in [0.29, 0.717) is 6.04 Å². The first-order valence-electron chi connectivity index (χ1n) is 8.63. The van der Waals surface area contributed by atoms with Gasteiger partial charge in [-0.2, -0.15) is 0 Å². The monoisotopic (exact) mass is 310 g/mol. The van der Waals surface area contributed by atoms with Crippen molar-refractivity contribution in [3.8, 4) is 0 Å². The molecule has 1 aliphatic carbocycles. The molecule has 0 aliphatic heterocycles. The molecule has 0 aromatic carbocycles. The molecule has 1 saturated carbocycles. The fourth-order valence-electron chi connectivity index (χ4n) is 3.40. The Morgan fingerprint density at radius 3 is 2.48 bits per heavy atom. The SMILES string of the molecule is CCC(CC)CN(CC)c1n[nH]c(=S)n1C1CCCCC1. The summed E-state index contributed by atoms with van der Waals surface area (Å²) in [7, 11) is 0. The van der Waals surface area contributed by atoms with Crippen LogP contribution in [-0.2, 0) is 0 Å². The Bertz CT molecular complexity index is 469. The molecule has 0 bridgehead atoms. The summed E-state index contributed by atoms with van der Waals surface area (Å²) in [6.07, 6.45) is 8.92. The van der Waals surface area contributed by atoms with E-state index in [1.54, 1.807) is 0 Å². The van der Waals surface area contributed by atoms with E-state index < -0.39 is 0 Å². The number of hydrogen-bond acceptors (Lipinski definition) is 3. The zero-order chi connectivity index (χ0) is 15.2. The van der Waals surface area contributed by atoms with Gasteiger partial charge in [-0.3, -0.25) is 4.57 Å². The largest absolute Gasteiger partial charge is 0.341 e. The molecule has 0 spiro atoms. The first kappa shape index (κ1) is 16.5. The van der Waals surface area contributed by atoms with Gasteiger partial charge in [0.25, 0.3) is 0 Å². The number of aromatic amines is 1. The molecule has 0 radical (unpaired) electrons. The van der Waals surface area contributed by atoms with E-state index in [9.17, 15) is 0 Å². The van der Waals surface area contributed by atoms with Gasteiger partial charge in [0.05, 0.1) is 0 Å². The minimum Gasteiger partial charge on any atom is -0.341 e. The molecule has 0 unspecified atom stereocenters. The molecule has 0 amide bonds. The van der Waals surface area contributed by atoms with E-state index in [2.05, 4.69) is 40.4 Å². The maximum Gasteiger partial charge on any atom is 0.225 e. The molecule has 1 aromatic rings. The average Bonchev–Trinajstić information content (AvgIpc) is 2.91. The minimum absolute atomic E-state index is 0.538. The van der Waals surface area contributed by atoms with Crippen molar-refractivity contribution >= 4 is 18.2 Å². The topological polar surface area (TPSA) is 36.9 Å². The van der Waals surface area contributed by atoms with E-state index in [-0.39, 0.29) is 0 Å². The van der Waals surface area contributed by atoms with Crippen LogP contribution in [0.3, 0.4) is 0 Å². The van der Waals surface area contributed by atoms with Gasteiger partial charge in [-0.1, -0.05) is 46.0 Å². The smallest absolute Gasteiger partial charge is 0.225 e. The highest BCUT2D eigenvalue weighted by atomic mass is 32.1. The summed E-state index contributed by atoms with van der Waals surface area (Å²) in [6, 6.07) is 0.538. The third-order valence-corrected chi connectivity index (χ3v) is 5.21. The molecule has 21 heavy (non-hydrogen) atoms. The third-order valence-electron chi connectivity index (χ3n) is 4.92. The second kappa shape index (κ2) is 7.97. The summed E-state index contributed by atoms with van der Waals surface area (Å²) < 4.78 is 3.08. The fourth-order valence-corrected chi connectivity index (χ4v) is 3.67. The number of anilines is 1. The Kier molecular flexibility index (Phi) is 6.27. The van der Waals surface area contributed by atoms with Gasteiger partial charge in [0.1, 0.15) is 0 Å². The molecule has 120 valence electrons. The van der Waals surface area contributed by atoms with Crippen molar-refractivity contribution in [3.05, 3.63) is 4.77 Å². The number of H-pyrrole nitrogens is 1. The van der Waals surface area contributed by atoms with Gasteiger partial charge in [-0.05, 0) is 37.9 Å². The van der Waals surface area contributed by atoms with Gasteiger partial charge in [0.15, 0.2) is 4.77 Å². The number of hydrogen-bond donors (Lipinski definition) is 1. The van der Waals surface area contributed by atoms with E-state index in [1.165, 1.54) is 44.9 Å². The van der Waals surface area contributed by atoms with Crippen LogP contribution in [0.4, 0.5) is 5.95 Å². The van der Waals surface area contributed by atoms with E-state index in [1.807, 2.05) is 0 Å². The Labute approximate surface area is 133 Å². The first-order chi connectivity index (χ1) is 10.2. The molecular formula is C16H30N4S. The predicted octanol–water partition coefficient (Wildman–Crippen LogP) is 4.71. The number of aromatic nitrogens is 3. The van der Waals surface area contributed by atoms with Crippen LogP contribution in [-0.4, -0.2) is 27.9 Å². The Balaban J connectivity index is 2.23. The highest BCUT2D eigenvalue weighted by Gasteiger charge is 2.23. The molecule has 5 heteroatoms. The Morgan fingerprint density at radius 2 is 1.90 bits per heavy atom. The fraction of sp³-hybridized carbons (Fsp3) is 0.875. The van der Waals surface area contributed by atoms with Gasteiger partial charge >= 0.3 is 0 Å². The second-order valence-electron chi connectivity index (χ2n) is 6.21. The summed E-state index contributed by atoms with van der Waals surface area (Å²) in [5.74, 6) is 1.79. The maximum atomic E-state index is 5.51. The Hall–Kier alpha value is -0.840. The molecule has 2 rings (SSSR count). The first-order valence-corrected chi connectivity index (χ1v) is 9.03. The van der Waals surface area contributed by atoms with Gasteiger partial charge in [-0.15, -0.1) is 5.10 Å². The zero-order valence-corrected chi connectivity index (χ0v) is 14.6. The highest BCUT2D eigenvalue weighted by molar-refractivity contribution is 7.71. The summed E-state index contributed by atoms with van der Waals surface area (Å²) in [4.78, 5) is 2.40. The molecular weight excluding hydrogens is 280 g/mol. The van der Waals surface area contributed by atoms with Crippen LogP contribution in [0.2, 0.25) is 0 Å². The molecule has 1 aliphatic rings. The van der Waals surface area contributed by atoms with E-state index in [0.717, 1.165) is 29.7 Å². The average molecular weight is 311 g/mol. The lowest BCUT2D eigenvalue weighted by Gasteiger charge is -2.30. The van der Waals surface area contributed by atoms with Crippen molar-refractivity contribution in [1.82, 2.24) is 14.8 Å². The predicted molar refractivity (Wildman–Crippen MR) is 91.5 cm³/mol. The molecule has 1 N–H and O–H groups in total. The van der Waals surface area contributed by atoms with E-state index >= 15 is 0 Å². The lowest BCUT2D eigenvalue weighted by Crippen LogP contribution is -2.32. The molecule has 0 saturated heterocycles. The Morgan fingerprint density at radius 1 is 1.24 bits per heavy atom. The summed E-state index contributed by atoms with van der Waals surface area (Å²) in [5.41, 5.74) is 0.